The Morgan fingerprint density at radius 1 is 0.521 bits per heavy atom. The van der Waals surface area contributed by atoms with Gasteiger partial charge < -0.3 is 44.1 Å². The van der Waals surface area contributed by atoms with Gasteiger partial charge in [0, 0.05) is 49.9 Å². The van der Waals surface area contributed by atoms with Crippen LogP contribution in [0.4, 0.5) is 0 Å². The number of aromatic nitrogens is 4. The van der Waals surface area contributed by atoms with Crippen LogP contribution in [0.15, 0.2) is 97.1 Å². The highest BCUT2D eigenvalue weighted by molar-refractivity contribution is 6.01. The molecule has 13 nitrogen and oxygen atoms in total. The van der Waals surface area contributed by atoms with Gasteiger partial charge in [0.2, 0.25) is 11.5 Å². The molecule has 0 saturated carbocycles. The summed E-state index contributed by atoms with van der Waals surface area (Å²) in [7, 11) is 6.49. The van der Waals surface area contributed by atoms with Gasteiger partial charge in [-0.05, 0) is 120 Å². The summed E-state index contributed by atoms with van der Waals surface area (Å²) in [6.07, 6.45) is 11.7. The number of benzene rings is 4. The second kappa shape index (κ2) is 20.9. The number of hydrogen-bond donors (Lipinski definition) is 4. The Morgan fingerprint density at radius 2 is 0.859 bits per heavy atom. The summed E-state index contributed by atoms with van der Waals surface area (Å²) in [5.74, 6) is 3.09. The van der Waals surface area contributed by atoms with Crippen molar-refractivity contribution in [1.82, 2.24) is 19.9 Å². The molecule has 2 aliphatic rings. The Kier molecular flexibility index (Phi) is 13.9. The average molecular weight is 946 g/mol. The van der Waals surface area contributed by atoms with E-state index in [4.69, 9.17) is 49.5 Å². The highest BCUT2D eigenvalue weighted by Gasteiger charge is 2.23. The lowest BCUT2D eigenvalue weighted by Crippen LogP contribution is -2.10. The lowest BCUT2D eigenvalue weighted by molar-refractivity contribution is 0.270. The number of methoxy groups -OCH3 is 4. The summed E-state index contributed by atoms with van der Waals surface area (Å²) in [5, 5.41) is 17.9. The topological polar surface area (TPSA) is 186 Å². The van der Waals surface area contributed by atoms with E-state index in [0.29, 0.717) is 81.6 Å². The summed E-state index contributed by atoms with van der Waals surface area (Å²) >= 11 is 0. The number of fused-ring (bicyclic) bond motifs is 8. The highest BCUT2D eigenvalue weighted by atomic mass is 16.5. The molecule has 9 rings (SSSR count). The molecular weight excluding hydrogens is 891 g/mol. The molecule has 13 heteroatoms. The molecule has 7 aromatic rings. The molecule has 0 fully saturated rings. The number of aromatic amines is 2. The number of hydrogen-bond acceptors (Lipinski definition) is 10. The fraction of sp³-hybridized carbons (Fsp3) is 0.207. The Hall–Kier alpha value is -8.76. The molecule has 0 radical (unpaired) electrons. The number of rotatable bonds is 17. The third kappa shape index (κ3) is 9.40. The quantitative estimate of drug-likeness (QED) is 0.0389. The van der Waals surface area contributed by atoms with Crippen LogP contribution in [0.5, 0.6) is 34.5 Å². The Balaban J connectivity index is 1.42. The maximum absolute atomic E-state index is 9.80. The van der Waals surface area contributed by atoms with Gasteiger partial charge in [-0.1, -0.05) is 63.1 Å². The predicted octanol–water partition coefficient (Wildman–Crippen LogP) is 12.9. The number of nitrogens with zero attached hydrogens (tertiary/aromatic N) is 3. The summed E-state index contributed by atoms with van der Waals surface area (Å²) in [4.78, 5) is 18.5. The van der Waals surface area contributed by atoms with Crippen molar-refractivity contribution >= 4 is 52.2 Å². The van der Waals surface area contributed by atoms with Crippen molar-refractivity contribution in [3.05, 3.63) is 131 Å². The number of H-pyrrole nitrogens is 2. The van der Waals surface area contributed by atoms with Crippen LogP contribution in [0.1, 0.15) is 73.4 Å². The molecule has 5 N–H and O–H groups in total. The molecule has 8 bridgehead atoms. The van der Waals surface area contributed by atoms with Gasteiger partial charge in [-0.15, -0.1) is 0 Å². The minimum Gasteiger partial charge on any atom is -0.493 e. The molecule has 4 aromatic carbocycles. The van der Waals surface area contributed by atoms with Crippen LogP contribution in [0.3, 0.4) is 0 Å². The van der Waals surface area contributed by atoms with E-state index in [0.717, 1.165) is 92.3 Å². The van der Waals surface area contributed by atoms with E-state index >= 15 is 0 Å². The lowest BCUT2D eigenvalue weighted by atomic mass is 10.0. The minimum atomic E-state index is -0.0272. The Bertz CT molecular complexity index is 3320. The van der Waals surface area contributed by atoms with E-state index in [2.05, 4.69) is 29.9 Å². The maximum Gasteiger partial charge on any atom is 0.203 e. The SMILES string of the molecule is CCCCOc1c(OC)cc(-c2c3nc(c(-c4ccc(C(=N)N)cc4)c4ccc([nH]4)c(-c4cc(OC)c(OCCCC)c(OC)c4)c4nc(c(-c5ccc(C#N)cc5)c5ccc2[nH]5)C=C4)C=C3)cc1OC. The third-order valence-electron chi connectivity index (χ3n) is 12.5. The van der Waals surface area contributed by atoms with Crippen molar-refractivity contribution in [2.24, 2.45) is 5.73 Å². The van der Waals surface area contributed by atoms with Crippen molar-refractivity contribution in [2.45, 2.75) is 39.5 Å². The smallest absolute Gasteiger partial charge is 0.203 e. The number of unbranched alkanes of at least 4 members (excludes halogenated alkanes) is 2. The molecule has 2 aliphatic heterocycles. The molecule has 0 aliphatic carbocycles. The average Bonchev–Trinajstić information content (AvgIpc) is 4.26. The van der Waals surface area contributed by atoms with Gasteiger partial charge >= 0.3 is 0 Å². The van der Waals surface area contributed by atoms with Gasteiger partial charge in [0.05, 0.1) is 76.1 Å². The Labute approximate surface area is 412 Å². The van der Waals surface area contributed by atoms with Crippen molar-refractivity contribution in [2.75, 3.05) is 41.7 Å². The van der Waals surface area contributed by atoms with Crippen molar-refractivity contribution in [1.29, 1.82) is 10.7 Å². The first-order valence-corrected chi connectivity index (χ1v) is 23.6. The Morgan fingerprint density at radius 3 is 1.17 bits per heavy atom. The molecule has 0 saturated heterocycles. The zero-order chi connectivity index (χ0) is 49.6. The zero-order valence-corrected chi connectivity index (χ0v) is 40.7. The number of nitriles is 1. The van der Waals surface area contributed by atoms with Gasteiger partial charge in [-0.3, -0.25) is 5.41 Å². The van der Waals surface area contributed by atoms with Crippen LogP contribution < -0.4 is 34.2 Å². The van der Waals surface area contributed by atoms with E-state index in [-0.39, 0.29) is 5.84 Å². The molecule has 358 valence electrons. The summed E-state index contributed by atoms with van der Waals surface area (Å²) < 4.78 is 36.5. The van der Waals surface area contributed by atoms with E-state index in [9.17, 15) is 5.26 Å². The molecule has 71 heavy (non-hydrogen) atoms. The van der Waals surface area contributed by atoms with Gasteiger partial charge in [0.1, 0.15) is 5.84 Å². The van der Waals surface area contributed by atoms with Crippen molar-refractivity contribution in [3.63, 3.8) is 0 Å². The largest absolute Gasteiger partial charge is 0.493 e. The van der Waals surface area contributed by atoms with Crippen molar-refractivity contribution in [3.8, 4) is 85.1 Å². The van der Waals surface area contributed by atoms with Crippen LogP contribution in [0, 0.1) is 16.7 Å². The number of ether oxygens (including phenoxy) is 6. The fourth-order valence-electron chi connectivity index (χ4n) is 8.92. The first kappa shape index (κ1) is 47.3. The van der Waals surface area contributed by atoms with Crippen molar-refractivity contribution < 1.29 is 28.4 Å². The van der Waals surface area contributed by atoms with Gasteiger partial charge in [0.25, 0.3) is 0 Å². The molecule has 5 heterocycles. The minimum absolute atomic E-state index is 0.0272. The van der Waals surface area contributed by atoms with Crippen LogP contribution in [0.25, 0.3) is 90.9 Å². The van der Waals surface area contributed by atoms with Crippen LogP contribution in [-0.2, 0) is 0 Å². The second-order valence-electron chi connectivity index (χ2n) is 17.0. The molecule has 0 atom stereocenters. The number of nitrogen functional groups attached to an aromatic ring is 1. The zero-order valence-electron chi connectivity index (χ0n) is 40.7. The fourth-order valence-corrected chi connectivity index (χ4v) is 8.92. The van der Waals surface area contributed by atoms with Crippen LogP contribution in [-0.4, -0.2) is 67.4 Å². The summed E-state index contributed by atoms with van der Waals surface area (Å²) in [5.41, 5.74) is 19.3. The molecular formula is C58H55N7O6. The number of nitrogens with two attached hydrogens (primary N) is 1. The molecule has 0 unspecified atom stereocenters. The molecule has 0 spiro atoms. The normalized spacial score (nSPS) is 11.6. The van der Waals surface area contributed by atoms with Gasteiger partial charge in [-0.25, -0.2) is 9.97 Å². The van der Waals surface area contributed by atoms with Gasteiger partial charge in [-0.2, -0.15) is 5.26 Å². The highest BCUT2D eigenvalue weighted by Crippen LogP contribution is 2.46. The number of amidine groups is 1. The predicted molar refractivity (Wildman–Crippen MR) is 283 cm³/mol. The van der Waals surface area contributed by atoms with Crippen LogP contribution >= 0.6 is 0 Å². The second-order valence-corrected chi connectivity index (χ2v) is 17.0. The first-order valence-electron chi connectivity index (χ1n) is 23.6. The van der Waals surface area contributed by atoms with E-state index < -0.39 is 0 Å². The summed E-state index contributed by atoms with van der Waals surface area (Å²) in [6.45, 7) is 5.25. The van der Waals surface area contributed by atoms with E-state index in [1.54, 1.807) is 28.4 Å². The standard InChI is InChI=1S/C58H55N7O6/c1-7-9-27-70-56-48(66-3)29-38(30-49(56)67-4)54-44-23-19-40(62-44)52(35-13-11-34(33-59)12-14-35)41-20-24-45(63-41)55(39-31-50(68-5)57(51(32-39)69-6)71-28-10-8-2)47-26-22-43(65-47)53(42-21-25-46(54)64-42)36-15-17-37(18-16-36)58(60)61/h11-26,29-32,62,65H,7-10,27-28H2,1-6H3,(H3,60,61). The monoisotopic (exact) mass is 945 g/mol. The van der Waals surface area contributed by atoms with Crippen LogP contribution in [0.2, 0.25) is 0 Å². The first-order chi connectivity index (χ1) is 34.7. The molecule has 3 aromatic heterocycles. The van der Waals surface area contributed by atoms with E-state index in [1.807, 2.05) is 121 Å². The lowest BCUT2D eigenvalue weighted by Gasteiger charge is -2.16. The number of nitrogens with one attached hydrogen (secondary N) is 3. The molecule has 0 amide bonds. The van der Waals surface area contributed by atoms with Gasteiger partial charge in [0.15, 0.2) is 23.0 Å². The third-order valence-corrected chi connectivity index (χ3v) is 12.5. The maximum atomic E-state index is 9.80. The van der Waals surface area contributed by atoms with E-state index in [1.165, 1.54) is 0 Å². The summed E-state index contributed by atoms with van der Waals surface area (Å²) in [6, 6.07) is 33.3.